The van der Waals surface area contributed by atoms with E-state index in [4.69, 9.17) is 4.42 Å². The van der Waals surface area contributed by atoms with Crippen LogP contribution < -0.4 is 5.32 Å². The Balaban J connectivity index is 1.82. The van der Waals surface area contributed by atoms with E-state index in [9.17, 15) is 8.42 Å². The first-order valence-electron chi connectivity index (χ1n) is 4.53. The van der Waals surface area contributed by atoms with Crippen LogP contribution in [0, 0.1) is 6.92 Å². The van der Waals surface area contributed by atoms with E-state index in [1.54, 1.807) is 6.26 Å². The Morgan fingerprint density at radius 3 is 2.79 bits per heavy atom. The molecule has 0 atom stereocenters. The fourth-order valence-electron chi connectivity index (χ4n) is 1.50. The number of hydrogen-bond acceptors (Lipinski definition) is 4. The lowest BCUT2D eigenvalue weighted by Gasteiger charge is -2.26. The standard InChI is InChI=1S/C9H13NO3S/c1-7-2-3-13-9(7)4-10-8-5-14(11,12)6-8/h2-3,8,10H,4-6H2,1H3. The minimum absolute atomic E-state index is 0.101. The Labute approximate surface area is 83.2 Å². The Morgan fingerprint density at radius 2 is 2.29 bits per heavy atom. The van der Waals surface area contributed by atoms with Gasteiger partial charge in [0.2, 0.25) is 0 Å². The molecule has 2 heterocycles. The van der Waals surface area contributed by atoms with Gasteiger partial charge in [-0.2, -0.15) is 0 Å². The first-order valence-corrected chi connectivity index (χ1v) is 6.36. The van der Waals surface area contributed by atoms with Crippen LogP contribution >= 0.6 is 0 Å². The molecule has 1 aromatic rings. The number of furan rings is 1. The average molecular weight is 215 g/mol. The molecule has 0 amide bonds. The highest BCUT2D eigenvalue weighted by Gasteiger charge is 2.32. The van der Waals surface area contributed by atoms with Crippen LogP contribution in [0.3, 0.4) is 0 Å². The topological polar surface area (TPSA) is 59.3 Å². The third kappa shape index (κ3) is 1.99. The van der Waals surface area contributed by atoms with Crippen molar-refractivity contribution in [3.8, 4) is 0 Å². The summed E-state index contributed by atoms with van der Waals surface area (Å²) in [6.45, 7) is 2.58. The molecule has 2 rings (SSSR count). The van der Waals surface area contributed by atoms with E-state index in [0.29, 0.717) is 6.54 Å². The highest BCUT2D eigenvalue weighted by atomic mass is 32.2. The highest BCUT2D eigenvalue weighted by Crippen LogP contribution is 2.13. The van der Waals surface area contributed by atoms with Crippen molar-refractivity contribution in [2.75, 3.05) is 11.5 Å². The molecule has 5 heteroatoms. The van der Waals surface area contributed by atoms with Gasteiger partial charge in [-0.1, -0.05) is 0 Å². The SMILES string of the molecule is Cc1ccoc1CNC1CS(=O)(=O)C1. The number of nitrogens with one attached hydrogen (secondary N) is 1. The fraction of sp³-hybridized carbons (Fsp3) is 0.556. The van der Waals surface area contributed by atoms with Gasteiger partial charge in [0.1, 0.15) is 5.76 Å². The normalized spacial score (nSPS) is 20.6. The molecule has 0 spiro atoms. The maximum absolute atomic E-state index is 10.9. The average Bonchev–Trinajstić information content (AvgIpc) is 2.44. The molecule has 0 aliphatic carbocycles. The molecular formula is C9H13NO3S. The molecule has 78 valence electrons. The van der Waals surface area contributed by atoms with Crippen molar-refractivity contribution >= 4 is 9.84 Å². The molecule has 4 nitrogen and oxygen atoms in total. The molecule has 1 fully saturated rings. The monoisotopic (exact) mass is 215 g/mol. The van der Waals surface area contributed by atoms with Crippen LogP contribution in [0.5, 0.6) is 0 Å². The number of hydrogen-bond donors (Lipinski definition) is 1. The molecule has 1 aliphatic heterocycles. The maximum atomic E-state index is 10.9. The largest absolute Gasteiger partial charge is 0.468 e. The Hall–Kier alpha value is -0.810. The van der Waals surface area contributed by atoms with Gasteiger partial charge >= 0.3 is 0 Å². The number of sulfone groups is 1. The minimum Gasteiger partial charge on any atom is -0.468 e. The molecule has 14 heavy (non-hydrogen) atoms. The summed E-state index contributed by atoms with van der Waals surface area (Å²) in [5.41, 5.74) is 1.10. The summed E-state index contributed by atoms with van der Waals surface area (Å²) >= 11 is 0. The Morgan fingerprint density at radius 1 is 1.57 bits per heavy atom. The van der Waals surface area contributed by atoms with Crippen LogP contribution in [-0.4, -0.2) is 26.0 Å². The van der Waals surface area contributed by atoms with E-state index in [1.165, 1.54) is 0 Å². The zero-order valence-electron chi connectivity index (χ0n) is 7.99. The van der Waals surface area contributed by atoms with Gasteiger partial charge in [0, 0.05) is 6.04 Å². The van der Waals surface area contributed by atoms with Gasteiger partial charge in [-0.05, 0) is 18.6 Å². The summed E-state index contributed by atoms with van der Waals surface area (Å²) in [5, 5.41) is 3.15. The molecule has 0 radical (unpaired) electrons. The second-order valence-electron chi connectivity index (χ2n) is 3.68. The summed E-state index contributed by atoms with van der Waals surface area (Å²) in [7, 11) is -2.72. The highest BCUT2D eigenvalue weighted by molar-refractivity contribution is 7.92. The van der Waals surface area contributed by atoms with Crippen LogP contribution in [0.2, 0.25) is 0 Å². The van der Waals surface area contributed by atoms with E-state index in [0.717, 1.165) is 11.3 Å². The molecule has 0 unspecified atom stereocenters. The summed E-state index contributed by atoms with van der Waals surface area (Å²) < 4.78 is 26.9. The second kappa shape index (κ2) is 3.40. The van der Waals surface area contributed by atoms with Crippen molar-refractivity contribution in [1.82, 2.24) is 5.32 Å². The summed E-state index contributed by atoms with van der Waals surface area (Å²) in [6, 6.07) is 2.00. The third-order valence-electron chi connectivity index (χ3n) is 2.43. The van der Waals surface area contributed by atoms with Crippen molar-refractivity contribution in [2.24, 2.45) is 0 Å². The van der Waals surface area contributed by atoms with Crippen LogP contribution in [0.4, 0.5) is 0 Å². The second-order valence-corrected chi connectivity index (χ2v) is 5.84. The van der Waals surface area contributed by atoms with Crippen LogP contribution in [0.15, 0.2) is 16.7 Å². The van der Waals surface area contributed by atoms with E-state index in [-0.39, 0.29) is 17.5 Å². The van der Waals surface area contributed by atoms with Gasteiger partial charge in [-0.25, -0.2) is 8.42 Å². The van der Waals surface area contributed by atoms with Crippen molar-refractivity contribution in [1.29, 1.82) is 0 Å². The molecular weight excluding hydrogens is 202 g/mol. The van der Waals surface area contributed by atoms with Crippen molar-refractivity contribution < 1.29 is 12.8 Å². The summed E-state index contributed by atoms with van der Waals surface area (Å²) in [4.78, 5) is 0. The smallest absolute Gasteiger partial charge is 0.153 e. The maximum Gasteiger partial charge on any atom is 0.153 e. The molecule has 0 bridgehead atoms. The van der Waals surface area contributed by atoms with E-state index in [1.807, 2.05) is 13.0 Å². The van der Waals surface area contributed by atoms with Gasteiger partial charge < -0.3 is 9.73 Å². The van der Waals surface area contributed by atoms with Gasteiger partial charge in [-0.3, -0.25) is 0 Å². The third-order valence-corrected chi connectivity index (χ3v) is 4.25. The summed E-state index contributed by atoms with van der Waals surface area (Å²) in [5.74, 6) is 1.40. The van der Waals surface area contributed by atoms with E-state index in [2.05, 4.69) is 5.32 Å². The first-order chi connectivity index (χ1) is 6.57. The number of aryl methyl sites for hydroxylation is 1. The molecule has 0 aromatic carbocycles. The number of rotatable bonds is 3. The van der Waals surface area contributed by atoms with Crippen LogP contribution in [0.1, 0.15) is 11.3 Å². The molecule has 1 N–H and O–H groups in total. The van der Waals surface area contributed by atoms with Crippen molar-refractivity contribution in [3.05, 3.63) is 23.7 Å². The van der Waals surface area contributed by atoms with Gasteiger partial charge in [0.15, 0.2) is 9.84 Å². The van der Waals surface area contributed by atoms with Gasteiger partial charge in [0.25, 0.3) is 0 Å². The predicted octanol–water partition coefficient (Wildman–Crippen LogP) is 0.475. The van der Waals surface area contributed by atoms with Crippen molar-refractivity contribution in [3.63, 3.8) is 0 Å². The molecule has 0 saturated carbocycles. The van der Waals surface area contributed by atoms with Gasteiger partial charge in [0.05, 0.1) is 24.3 Å². The lowest BCUT2D eigenvalue weighted by atomic mass is 10.2. The zero-order chi connectivity index (χ0) is 10.2. The van der Waals surface area contributed by atoms with Crippen molar-refractivity contribution in [2.45, 2.75) is 19.5 Å². The van der Waals surface area contributed by atoms with E-state index < -0.39 is 9.84 Å². The van der Waals surface area contributed by atoms with Crippen LogP contribution in [0.25, 0.3) is 0 Å². The van der Waals surface area contributed by atoms with Crippen LogP contribution in [-0.2, 0) is 16.4 Å². The van der Waals surface area contributed by atoms with E-state index >= 15 is 0 Å². The molecule has 1 aliphatic rings. The quantitative estimate of drug-likeness (QED) is 0.796. The zero-order valence-corrected chi connectivity index (χ0v) is 8.80. The lowest BCUT2D eigenvalue weighted by molar-refractivity contribution is 0.448. The first kappa shape index (κ1) is 9.73. The Kier molecular flexibility index (Phi) is 2.36. The Bertz CT molecular complexity index is 409. The molecule has 1 saturated heterocycles. The minimum atomic E-state index is -2.72. The predicted molar refractivity (Wildman–Crippen MR) is 52.7 cm³/mol. The van der Waals surface area contributed by atoms with Gasteiger partial charge in [-0.15, -0.1) is 0 Å². The summed E-state index contributed by atoms with van der Waals surface area (Å²) in [6.07, 6.45) is 1.64. The fourth-order valence-corrected chi connectivity index (χ4v) is 2.87. The molecule has 1 aromatic heterocycles. The lowest BCUT2D eigenvalue weighted by Crippen LogP contribution is -2.50.